The van der Waals surface area contributed by atoms with Crippen molar-refractivity contribution in [2.24, 2.45) is 0 Å². The maximum Gasteiger partial charge on any atom is 0.189 e. The normalized spacial score (nSPS) is 20.5. The molecule has 2 aromatic rings. The number of morpholine rings is 1. The van der Waals surface area contributed by atoms with Gasteiger partial charge in [0.05, 0.1) is 18.5 Å². The van der Waals surface area contributed by atoms with Gasteiger partial charge in [-0.25, -0.2) is 0 Å². The monoisotopic (exact) mass is 259 g/mol. The number of hydrogen-bond acceptors (Lipinski definition) is 5. The summed E-state index contributed by atoms with van der Waals surface area (Å²) in [4.78, 5) is 2.34. The second kappa shape index (κ2) is 5.42. The average molecular weight is 259 g/mol. The van der Waals surface area contributed by atoms with E-state index < -0.39 is 0 Å². The third kappa shape index (κ3) is 2.77. The van der Waals surface area contributed by atoms with Gasteiger partial charge in [0.2, 0.25) is 0 Å². The van der Waals surface area contributed by atoms with Crippen LogP contribution >= 0.6 is 0 Å². The molecule has 5 nitrogen and oxygen atoms in total. The molecule has 100 valence electrons. The minimum atomic E-state index is -0.125. The zero-order chi connectivity index (χ0) is 13.1. The van der Waals surface area contributed by atoms with Crippen molar-refractivity contribution in [3.63, 3.8) is 0 Å². The topological polar surface area (TPSA) is 64.5 Å². The fourth-order valence-electron chi connectivity index (χ4n) is 2.35. The van der Waals surface area contributed by atoms with Crippen LogP contribution in [0.3, 0.4) is 0 Å². The van der Waals surface area contributed by atoms with E-state index in [0.717, 1.165) is 19.6 Å². The van der Waals surface area contributed by atoms with Gasteiger partial charge in [0.1, 0.15) is 6.10 Å². The Balaban J connectivity index is 1.67. The van der Waals surface area contributed by atoms with Crippen LogP contribution in [0.25, 0.3) is 0 Å². The Labute approximate surface area is 111 Å². The Bertz CT molecular complexity index is 526. The lowest BCUT2D eigenvalue weighted by atomic mass is 10.1. The molecule has 1 aliphatic rings. The van der Waals surface area contributed by atoms with Crippen LogP contribution in [0.15, 0.2) is 41.1 Å². The van der Waals surface area contributed by atoms with Crippen molar-refractivity contribution in [1.82, 2.24) is 10.1 Å². The fraction of sp³-hybridized carbons (Fsp3) is 0.357. The van der Waals surface area contributed by atoms with Gasteiger partial charge in [-0.3, -0.25) is 4.90 Å². The summed E-state index contributed by atoms with van der Waals surface area (Å²) < 4.78 is 10.9. The predicted molar refractivity (Wildman–Crippen MR) is 71.3 cm³/mol. The van der Waals surface area contributed by atoms with Gasteiger partial charge in [-0.1, -0.05) is 35.5 Å². The predicted octanol–water partition coefficient (Wildman–Crippen LogP) is 1.83. The molecular formula is C14H17N3O2. The van der Waals surface area contributed by atoms with Gasteiger partial charge in [-0.15, -0.1) is 0 Å². The van der Waals surface area contributed by atoms with Gasteiger partial charge in [0.25, 0.3) is 0 Å². The summed E-state index contributed by atoms with van der Waals surface area (Å²) >= 11 is 0. The van der Waals surface area contributed by atoms with E-state index in [1.807, 2.05) is 6.07 Å². The first-order valence-electron chi connectivity index (χ1n) is 6.41. The van der Waals surface area contributed by atoms with Gasteiger partial charge >= 0.3 is 0 Å². The molecule has 0 amide bonds. The van der Waals surface area contributed by atoms with Crippen molar-refractivity contribution in [3.8, 4) is 0 Å². The van der Waals surface area contributed by atoms with Crippen LogP contribution in [-0.4, -0.2) is 29.8 Å². The third-order valence-electron chi connectivity index (χ3n) is 3.32. The molecule has 1 unspecified atom stereocenters. The molecule has 0 spiro atoms. The summed E-state index contributed by atoms with van der Waals surface area (Å²) in [6.45, 7) is 3.28. The fourth-order valence-corrected chi connectivity index (χ4v) is 2.35. The molecule has 1 saturated heterocycles. The number of anilines is 1. The summed E-state index contributed by atoms with van der Waals surface area (Å²) in [5, 5.41) is 3.71. The number of hydrogen-bond donors (Lipinski definition) is 1. The lowest BCUT2D eigenvalue weighted by molar-refractivity contribution is -0.0445. The van der Waals surface area contributed by atoms with Crippen molar-refractivity contribution in [2.75, 3.05) is 25.4 Å². The van der Waals surface area contributed by atoms with Gasteiger partial charge < -0.3 is 15.0 Å². The van der Waals surface area contributed by atoms with E-state index in [1.165, 1.54) is 11.8 Å². The maximum atomic E-state index is 5.81. The molecule has 1 aromatic heterocycles. The second-order valence-electron chi connectivity index (χ2n) is 4.73. The zero-order valence-electron chi connectivity index (χ0n) is 10.7. The van der Waals surface area contributed by atoms with E-state index >= 15 is 0 Å². The highest BCUT2D eigenvalue weighted by Gasteiger charge is 2.26. The van der Waals surface area contributed by atoms with Gasteiger partial charge in [0, 0.05) is 19.6 Å². The van der Waals surface area contributed by atoms with E-state index in [4.69, 9.17) is 15.0 Å². The van der Waals surface area contributed by atoms with Gasteiger partial charge in [0.15, 0.2) is 5.76 Å². The molecular weight excluding hydrogens is 242 g/mol. The van der Waals surface area contributed by atoms with Crippen molar-refractivity contribution < 1.29 is 9.26 Å². The van der Waals surface area contributed by atoms with Crippen molar-refractivity contribution in [1.29, 1.82) is 0 Å². The molecule has 0 saturated carbocycles. The summed E-state index contributed by atoms with van der Waals surface area (Å²) in [5.41, 5.74) is 7.68. The molecule has 5 heteroatoms. The van der Waals surface area contributed by atoms with Crippen molar-refractivity contribution in [2.45, 2.75) is 12.6 Å². The molecule has 0 radical (unpaired) electrons. The first-order chi connectivity index (χ1) is 9.33. The van der Waals surface area contributed by atoms with E-state index in [2.05, 4.69) is 34.3 Å². The molecule has 3 rings (SSSR count). The number of rotatable bonds is 3. The van der Waals surface area contributed by atoms with Crippen LogP contribution < -0.4 is 5.73 Å². The maximum absolute atomic E-state index is 5.81. The molecule has 1 atom stereocenters. The second-order valence-corrected chi connectivity index (χ2v) is 4.73. The van der Waals surface area contributed by atoms with Crippen LogP contribution in [-0.2, 0) is 11.3 Å². The van der Waals surface area contributed by atoms with Crippen LogP contribution in [0.2, 0.25) is 0 Å². The molecule has 19 heavy (non-hydrogen) atoms. The SMILES string of the molecule is Nc1cnoc1C1CN(Cc2ccccc2)CCO1. The standard InChI is InChI=1S/C14H17N3O2/c15-12-8-16-19-14(12)13-10-17(6-7-18-13)9-11-4-2-1-3-5-11/h1-5,8,13H,6-7,9-10,15H2. The Morgan fingerprint density at radius 3 is 2.89 bits per heavy atom. The van der Waals surface area contributed by atoms with Crippen LogP contribution in [0.1, 0.15) is 17.4 Å². The smallest absolute Gasteiger partial charge is 0.189 e. The highest BCUT2D eigenvalue weighted by atomic mass is 16.5. The van der Waals surface area contributed by atoms with Crippen molar-refractivity contribution >= 4 is 5.69 Å². The number of ether oxygens (including phenoxy) is 1. The Kier molecular flexibility index (Phi) is 3.48. The lowest BCUT2D eigenvalue weighted by Crippen LogP contribution is -2.37. The molecule has 1 aliphatic heterocycles. The Hall–Kier alpha value is -1.85. The Morgan fingerprint density at radius 1 is 1.32 bits per heavy atom. The summed E-state index contributed by atoms with van der Waals surface area (Å²) in [7, 11) is 0. The summed E-state index contributed by atoms with van der Waals surface area (Å²) in [6, 6.07) is 10.4. The minimum Gasteiger partial charge on any atom is -0.394 e. The highest BCUT2D eigenvalue weighted by Crippen LogP contribution is 2.27. The number of aromatic nitrogens is 1. The summed E-state index contributed by atoms with van der Waals surface area (Å²) in [5.74, 6) is 0.637. The lowest BCUT2D eigenvalue weighted by Gasteiger charge is -2.31. The molecule has 0 bridgehead atoms. The quantitative estimate of drug-likeness (QED) is 0.911. The van der Waals surface area contributed by atoms with Crippen LogP contribution in [0, 0.1) is 0 Å². The van der Waals surface area contributed by atoms with E-state index in [9.17, 15) is 0 Å². The number of nitrogens with zero attached hydrogens (tertiary/aromatic N) is 2. The molecule has 1 fully saturated rings. The van der Waals surface area contributed by atoms with Crippen molar-refractivity contribution in [3.05, 3.63) is 47.9 Å². The molecule has 2 heterocycles. The van der Waals surface area contributed by atoms with Gasteiger partial charge in [-0.05, 0) is 5.56 Å². The van der Waals surface area contributed by atoms with E-state index in [0.29, 0.717) is 18.1 Å². The molecule has 2 N–H and O–H groups in total. The highest BCUT2D eigenvalue weighted by molar-refractivity contribution is 5.39. The molecule has 1 aromatic carbocycles. The third-order valence-corrected chi connectivity index (χ3v) is 3.32. The van der Waals surface area contributed by atoms with Gasteiger partial charge in [-0.2, -0.15) is 0 Å². The van der Waals surface area contributed by atoms with E-state index in [1.54, 1.807) is 0 Å². The minimum absolute atomic E-state index is 0.125. The van der Waals surface area contributed by atoms with Crippen LogP contribution in [0.4, 0.5) is 5.69 Å². The summed E-state index contributed by atoms with van der Waals surface area (Å²) in [6.07, 6.45) is 1.40. The number of nitrogens with two attached hydrogens (primary N) is 1. The average Bonchev–Trinajstić information content (AvgIpc) is 2.86. The first-order valence-corrected chi connectivity index (χ1v) is 6.41. The first kappa shape index (κ1) is 12.2. The Morgan fingerprint density at radius 2 is 2.16 bits per heavy atom. The molecule has 0 aliphatic carbocycles. The number of benzene rings is 1. The number of nitrogen functional groups attached to an aromatic ring is 1. The van der Waals surface area contributed by atoms with E-state index in [-0.39, 0.29) is 6.10 Å². The van der Waals surface area contributed by atoms with Crippen LogP contribution in [0.5, 0.6) is 0 Å². The zero-order valence-corrected chi connectivity index (χ0v) is 10.7. The largest absolute Gasteiger partial charge is 0.394 e.